The van der Waals surface area contributed by atoms with Crippen molar-refractivity contribution in [2.75, 3.05) is 5.48 Å². The number of hydrogen-bond donors (Lipinski definition) is 1. The number of aryl methyl sites for hydroxylation is 2. The Hall–Kier alpha value is -4.39. The van der Waals surface area contributed by atoms with Gasteiger partial charge in [0.2, 0.25) is 5.43 Å². The maximum absolute atomic E-state index is 13.3. The van der Waals surface area contributed by atoms with Gasteiger partial charge in [-0.1, -0.05) is 38.1 Å². The van der Waals surface area contributed by atoms with Crippen LogP contribution in [0.25, 0.3) is 32.8 Å². The summed E-state index contributed by atoms with van der Waals surface area (Å²) >= 11 is 0. The Bertz CT molecular complexity index is 1730. The van der Waals surface area contributed by atoms with Gasteiger partial charge in [-0.3, -0.25) is 9.59 Å². The number of rotatable bonds is 6. The highest BCUT2D eigenvalue weighted by Gasteiger charge is 2.20. The average Bonchev–Trinajstić information content (AvgIpc) is 3.21. The molecule has 0 unspecified atom stereocenters. The second-order valence-electron chi connectivity index (χ2n) is 9.11. The predicted octanol–water partition coefficient (Wildman–Crippen LogP) is 5.99. The fraction of sp³-hybridized carbons (Fsp3) is 0.207. The lowest BCUT2D eigenvalue weighted by Crippen LogP contribution is -2.19. The van der Waals surface area contributed by atoms with E-state index in [9.17, 15) is 14.4 Å². The number of aromatic nitrogens is 1. The number of fused-ring (bicyclic) bond motifs is 5. The van der Waals surface area contributed by atoms with Crippen molar-refractivity contribution >= 4 is 50.2 Å². The Morgan fingerprint density at radius 1 is 1.03 bits per heavy atom. The molecular formula is C29H26N2O5. The van der Waals surface area contributed by atoms with Gasteiger partial charge in [0.25, 0.3) is 0 Å². The van der Waals surface area contributed by atoms with Crippen molar-refractivity contribution in [3.63, 3.8) is 0 Å². The van der Waals surface area contributed by atoms with Crippen LogP contribution in [0.3, 0.4) is 0 Å². The van der Waals surface area contributed by atoms with Gasteiger partial charge in [0.1, 0.15) is 11.8 Å². The van der Waals surface area contributed by atoms with E-state index >= 15 is 0 Å². The van der Waals surface area contributed by atoms with Gasteiger partial charge >= 0.3 is 5.97 Å². The first-order chi connectivity index (χ1) is 17.3. The quantitative estimate of drug-likeness (QED) is 0.236. The molecule has 0 aliphatic carbocycles. The maximum Gasteiger partial charge on any atom is 0.334 e. The van der Waals surface area contributed by atoms with Crippen LogP contribution >= 0.6 is 0 Å². The third-order valence-corrected chi connectivity index (χ3v) is 6.47. The first kappa shape index (κ1) is 23.4. The molecule has 5 aromatic rings. The number of nitrogens with one attached hydrogen (secondary N) is 1. The molecule has 0 saturated carbocycles. The minimum atomic E-state index is -0.484. The molecule has 2 heterocycles. The molecule has 7 nitrogen and oxygen atoms in total. The van der Waals surface area contributed by atoms with Crippen LogP contribution in [-0.4, -0.2) is 16.3 Å². The van der Waals surface area contributed by atoms with Crippen molar-refractivity contribution in [1.82, 2.24) is 4.57 Å². The fourth-order valence-electron chi connectivity index (χ4n) is 4.54. The summed E-state index contributed by atoms with van der Waals surface area (Å²) in [4.78, 5) is 43.3. The van der Waals surface area contributed by atoms with Gasteiger partial charge in [0.15, 0.2) is 11.5 Å². The molecule has 182 valence electrons. The van der Waals surface area contributed by atoms with Crippen molar-refractivity contribution < 1.29 is 18.8 Å². The lowest BCUT2D eigenvalue weighted by molar-refractivity contribution is -0.144. The standard InChI is InChI=1S/C29H26N2O5/c1-5-31-23-12-10-18(26(32)19-9-7-6-8-17(19)4)14-21(23)25-24(31)13-11-20-27(33)22(15-35-28(20)25)30-36-29(34)16(2)3/h6-16,30H,5H2,1-4H3. The summed E-state index contributed by atoms with van der Waals surface area (Å²) in [5.74, 6) is -0.893. The monoisotopic (exact) mass is 482 g/mol. The van der Waals surface area contributed by atoms with Gasteiger partial charge in [-0.15, -0.1) is 0 Å². The van der Waals surface area contributed by atoms with Crippen LogP contribution < -0.4 is 10.9 Å². The Balaban J connectivity index is 1.70. The largest absolute Gasteiger partial charge is 0.461 e. The Kier molecular flexibility index (Phi) is 5.84. The normalized spacial score (nSPS) is 11.5. The summed E-state index contributed by atoms with van der Waals surface area (Å²) in [6, 6.07) is 16.7. The van der Waals surface area contributed by atoms with Crippen LogP contribution in [-0.2, 0) is 16.2 Å². The zero-order chi connectivity index (χ0) is 25.6. The van der Waals surface area contributed by atoms with E-state index in [2.05, 4.69) is 10.0 Å². The van der Waals surface area contributed by atoms with E-state index < -0.39 is 5.97 Å². The molecule has 0 fully saturated rings. The molecule has 0 aliphatic rings. The van der Waals surface area contributed by atoms with Crippen LogP contribution in [0.15, 0.2) is 70.1 Å². The third-order valence-electron chi connectivity index (χ3n) is 6.47. The summed E-state index contributed by atoms with van der Waals surface area (Å²) in [6.45, 7) is 8.06. The number of anilines is 1. The second-order valence-corrected chi connectivity index (χ2v) is 9.11. The zero-order valence-corrected chi connectivity index (χ0v) is 20.5. The van der Waals surface area contributed by atoms with E-state index in [0.29, 0.717) is 28.6 Å². The van der Waals surface area contributed by atoms with Gasteiger partial charge in [-0.05, 0) is 49.7 Å². The maximum atomic E-state index is 13.3. The van der Waals surface area contributed by atoms with Crippen molar-refractivity contribution in [3.8, 4) is 0 Å². The molecule has 0 amide bonds. The highest BCUT2D eigenvalue weighted by atomic mass is 16.7. The van der Waals surface area contributed by atoms with E-state index in [1.165, 1.54) is 6.26 Å². The summed E-state index contributed by atoms with van der Waals surface area (Å²) in [5.41, 5.74) is 6.49. The number of carbonyl (C=O) groups excluding carboxylic acids is 2. The van der Waals surface area contributed by atoms with Crippen molar-refractivity contribution in [2.45, 2.75) is 34.2 Å². The fourth-order valence-corrected chi connectivity index (χ4v) is 4.54. The molecule has 36 heavy (non-hydrogen) atoms. The second kappa shape index (κ2) is 9.00. The minimum absolute atomic E-state index is 0.0329. The van der Waals surface area contributed by atoms with E-state index in [1.54, 1.807) is 19.9 Å². The van der Waals surface area contributed by atoms with E-state index in [0.717, 1.165) is 27.4 Å². The minimum Gasteiger partial charge on any atom is -0.461 e. The molecule has 1 N–H and O–H groups in total. The molecule has 0 radical (unpaired) electrons. The van der Waals surface area contributed by atoms with E-state index in [4.69, 9.17) is 9.25 Å². The first-order valence-corrected chi connectivity index (χ1v) is 11.9. The number of carbonyl (C=O) groups is 2. The van der Waals surface area contributed by atoms with Crippen molar-refractivity contribution in [1.29, 1.82) is 0 Å². The molecule has 3 aromatic carbocycles. The molecule has 0 aliphatic heterocycles. The van der Waals surface area contributed by atoms with Gasteiger partial charge < -0.3 is 13.8 Å². The number of nitrogens with zero attached hydrogens (tertiary/aromatic N) is 1. The van der Waals surface area contributed by atoms with Gasteiger partial charge in [-0.2, -0.15) is 0 Å². The topological polar surface area (TPSA) is 90.5 Å². The molecular weight excluding hydrogens is 456 g/mol. The Morgan fingerprint density at radius 2 is 1.78 bits per heavy atom. The van der Waals surface area contributed by atoms with E-state index in [-0.39, 0.29) is 22.8 Å². The highest BCUT2D eigenvalue weighted by Crippen LogP contribution is 2.35. The molecule has 2 aromatic heterocycles. The number of ketones is 1. The Labute approximate surface area is 207 Å². The zero-order valence-electron chi connectivity index (χ0n) is 20.5. The molecule has 7 heteroatoms. The lowest BCUT2D eigenvalue weighted by Gasteiger charge is -2.09. The van der Waals surface area contributed by atoms with Crippen LogP contribution in [0.4, 0.5) is 5.69 Å². The molecule has 0 saturated heterocycles. The molecule has 5 rings (SSSR count). The lowest BCUT2D eigenvalue weighted by atomic mass is 9.97. The third kappa shape index (κ3) is 3.73. The van der Waals surface area contributed by atoms with Crippen molar-refractivity contribution in [2.24, 2.45) is 5.92 Å². The molecule has 0 spiro atoms. The summed E-state index contributed by atoms with van der Waals surface area (Å²) in [6.07, 6.45) is 1.26. The van der Waals surface area contributed by atoms with Crippen molar-refractivity contribution in [3.05, 3.63) is 87.8 Å². The van der Waals surface area contributed by atoms with Gasteiger partial charge in [0, 0.05) is 28.6 Å². The summed E-state index contributed by atoms with van der Waals surface area (Å²) in [7, 11) is 0. The van der Waals surface area contributed by atoms with Gasteiger partial charge in [-0.25, -0.2) is 10.3 Å². The first-order valence-electron chi connectivity index (χ1n) is 11.9. The van der Waals surface area contributed by atoms with Crippen LogP contribution in [0, 0.1) is 12.8 Å². The van der Waals surface area contributed by atoms with Crippen LogP contribution in [0.1, 0.15) is 42.3 Å². The predicted molar refractivity (Wildman–Crippen MR) is 140 cm³/mol. The van der Waals surface area contributed by atoms with Crippen LogP contribution in [0.2, 0.25) is 0 Å². The molecule has 0 bridgehead atoms. The van der Waals surface area contributed by atoms with Crippen LogP contribution in [0.5, 0.6) is 0 Å². The smallest absolute Gasteiger partial charge is 0.334 e. The highest BCUT2D eigenvalue weighted by molar-refractivity contribution is 6.21. The SMILES string of the molecule is CCn1c2ccc(C(=O)c3ccccc3C)cc2c2c3occ(NOC(=O)C(C)C)c(=O)c3ccc21. The summed E-state index contributed by atoms with van der Waals surface area (Å²) in [5, 5.41) is 1.93. The summed E-state index contributed by atoms with van der Waals surface area (Å²) < 4.78 is 8.08. The van der Waals surface area contributed by atoms with E-state index in [1.807, 2.05) is 62.4 Å². The Morgan fingerprint density at radius 3 is 2.50 bits per heavy atom. The molecule has 0 atom stereocenters. The van der Waals surface area contributed by atoms with Gasteiger partial charge in [0.05, 0.1) is 22.2 Å². The number of hydrogen-bond acceptors (Lipinski definition) is 6. The average molecular weight is 483 g/mol. The number of benzene rings is 3.